The van der Waals surface area contributed by atoms with Crippen LogP contribution < -0.4 is 5.73 Å². The zero-order chi connectivity index (χ0) is 9.68. The lowest BCUT2D eigenvalue weighted by molar-refractivity contribution is -0.143. The first-order chi connectivity index (χ1) is 6.22. The van der Waals surface area contributed by atoms with Crippen LogP contribution in [0.3, 0.4) is 0 Å². The van der Waals surface area contributed by atoms with Gasteiger partial charge in [0.25, 0.3) is 0 Å². The van der Waals surface area contributed by atoms with E-state index in [1.54, 1.807) is 0 Å². The number of esters is 1. The molecule has 76 valence electrons. The molecule has 1 rings (SSSR count). The highest BCUT2D eigenvalue weighted by molar-refractivity contribution is 5.70. The number of nitrogens with two attached hydrogens (primary N) is 1. The highest BCUT2D eigenvalue weighted by Gasteiger charge is 2.22. The third-order valence-electron chi connectivity index (χ3n) is 2.38. The van der Waals surface area contributed by atoms with E-state index in [0.717, 1.165) is 12.3 Å². The van der Waals surface area contributed by atoms with E-state index in [1.165, 1.54) is 19.3 Å². The highest BCUT2D eigenvalue weighted by atomic mass is 16.5. The standard InChI is InChI=1S/C10H19NO2/c1-2-13-10(12)7-9(11)6-5-8-3-4-8/h8-9H,2-7,11H2,1H3. The number of carbonyl (C=O) groups is 1. The number of carbonyl (C=O) groups excluding carboxylic acids is 1. The minimum atomic E-state index is -0.161. The van der Waals surface area contributed by atoms with E-state index in [9.17, 15) is 4.79 Å². The van der Waals surface area contributed by atoms with E-state index >= 15 is 0 Å². The fraction of sp³-hybridized carbons (Fsp3) is 0.900. The number of ether oxygens (including phenoxy) is 1. The monoisotopic (exact) mass is 185 g/mol. The maximum atomic E-state index is 11.0. The normalized spacial score (nSPS) is 18.3. The van der Waals surface area contributed by atoms with Crippen molar-refractivity contribution in [1.82, 2.24) is 0 Å². The second-order valence-electron chi connectivity index (χ2n) is 3.79. The first-order valence-corrected chi connectivity index (χ1v) is 5.13. The molecule has 3 heteroatoms. The van der Waals surface area contributed by atoms with Gasteiger partial charge in [0.15, 0.2) is 0 Å². The second kappa shape index (κ2) is 5.22. The molecular weight excluding hydrogens is 166 g/mol. The lowest BCUT2D eigenvalue weighted by atomic mass is 10.1. The molecule has 1 aliphatic rings. The molecule has 0 aliphatic heterocycles. The molecule has 0 aromatic rings. The van der Waals surface area contributed by atoms with E-state index in [1.807, 2.05) is 6.92 Å². The van der Waals surface area contributed by atoms with Gasteiger partial charge in [0.05, 0.1) is 13.0 Å². The third-order valence-corrected chi connectivity index (χ3v) is 2.38. The topological polar surface area (TPSA) is 52.3 Å². The number of hydrogen-bond acceptors (Lipinski definition) is 3. The van der Waals surface area contributed by atoms with Crippen LogP contribution in [-0.4, -0.2) is 18.6 Å². The molecule has 1 unspecified atom stereocenters. The molecule has 0 aromatic carbocycles. The molecule has 1 atom stereocenters. The lowest BCUT2D eigenvalue weighted by Gasteiger charge is -2.09. The summed E-state index contributed by atoms with van der Waals surface area (Å²) in [6.45, 7) is 2.27. The maximum Gasteiger partial charge on any atom is 0.307 e. The Morgan fingerprint density at radius 3 is 2.85 bits per heavy atom. The SMILES string of the molecule is CCOC(=O)CC(N)CCC1CC1. The van der Waals surface area contributed by atoms with Gasteiger partial charge in [0.1, 0.15) is 0 Å². The molecule has 0 amide bonds. The Hall–Kier alpha value is -0.570. The van der Waals surface area contributed by atoms with Gasteiger partial charge in [-0.15, -0.1) is 0 Å². The van der Waals surface area contributed by atoms with Gasteiger partial charge in [-0.3, -0.25) is 4.79 Å². The third kappa shape index (κ3) is 4.88. The summed E-state index contributed by atoms with van der Waals surface area (Å²) < 4.78 is 4.82. The van der Waals surface area contributed by atoms with Crippen LogP contribution in [0, 0.1) is 5.92 Å². The van der Waals surface area contributed by atoms with Gasteiger partial charge >= 0.3 is 5.97 Å². The lowest BCUT2D eigenvalue weighted by Crippen LogP contribution is -2.24. The van der Waals surface area contributed by atoms with Gasteiger partial charge < -0.3 is 10.5 Å². The van der Waals surface area contributed by atoms with Crippen molar-refractivity contribution in [2.45, 2.75) is 45.1 Å². The van der Waals surface area contributed by atoms with Crippen molar-refractivity contribution in [3.05, 3.63) is 0 Å². The Kier molecular flexibility index (Phi) is 4.22. The summed E-state index contributed by atoms with van der Waals surface area (Å²) in [6.07, 6.45) is 5.23. The van der Waals surface area contributed by atoms with Gasteiger partial charge in [-0.25, -0.2) is 0 Å². The van der Waals surface area contributed by atoms with E-state index < -0.39 is 0 Å². The molecule has 0 bridgehead atoms. The van der Waals surface area contributed by atoms with Gasteiger partial charge in [-0.1, -0.05) is 12.8 Å². The van der Waals surface area contributed by atoms with Crippen LogP contribution in [-0.2, 0) is 9.53 Å². The summed E-state index contributed by atoms with van der Waals surface area (Å²) in [5, 5.41) is 0. The summed E-state index contributed by atoms with van der Waals surface area (Å²) in [4.78, 5) is 11.0. The van der Waals surface area contributed by atoms with Crippen molar-refractivity contribution in [2.75, 3.05) is 6.61 Å². The van der Waals surface area contributed by atoms with E-state index in [4.69, 9.17) is 10.5 Å². The van der Waals surface area contributed by atoms with Crippen LogP contribution in [0.1, 0.15) is 39.0 Å². The molecule has 0 heterocycles. The van der Waals surface area contributed by atoms with Gasteiger partial charge in [-0.05, 0) is 25.7 Å². The van der Waals surface area contributed by atoms with Crippen LogP contribution in [0.25, 0.3) is 0 Å². The van der Waals surface area contributed by atoms with Crippen LogP contribution in [0.4, 0.5) is 0 Å². The molecular formula is C10H19NO2. The molecule has 0 spiro atoms. The molecule has 1 fully saturated rings. The summed E-state index contributed by atoms with van der Waals surface area (Å²) in [7, 11) is 0. The Bertz CT molecular complexity index is 166. The van der Waals surface area contributed by atoms with Crippen LogP contribution in [0.5, 0.6) is 0 Å². The van der Waals surface area contributed by atoms with Crippen LogP contribution in [0.2, 0.25) is 0 Å². The molecule has 0 radical (unpaired) electrons. The molecule has 1 aliphatic carbocycles. The van der Waals surface area contributed by atoms with E-state index in [2.05, 4.69) is 0 Å². The van der Waals surface area contributed by atoms with Crippen molar-refractivity contribution in [2.24, 2.45) is 11.7 Å². The van der Waals surface area contributed by atoms with E-state index in [0.29, 0.717) is 13.0 Å². The fourth-order valence-corrected chi connectivity index (χ4v) is 1.39. The fourth-order valence-electron chi connectivity index (χ4n) is 1.39. The minimum absolute atomic E-state index is 0.000324. The average molecular weight is 185 g/mol. The zero-order valence-electron chi connectivity index (χ0n) is 8.29. The Labute approximate surface area is 79.6 Å². The molecule has 3 nitrogen and oxygen atoms in total. The van der Waals surface area contributed by atoms with Gasteiger partial charge in [0.2, 0.25) is 0 Å². The van der Waals surface area contributed by atoms with Crippen molar-refractivity contribution >= 4 is 5.97 Å². The number of hydrogen-bond donors (Lipinski definition) is 1. The maximum absolute atomic E-state index is 11.0. The molecule has 13 heavy (non-hydrogen) atoms. The Morgan fingerprint density at radius 2 is 2.31 bits per heavy atom. The predicted octanol–water partition coefficient (Wildman–Crippen LogP) is 1.46. The van der Waals surface area contributed by atoms with Crippen molar-refractivity contribution < 1.29 is 9.53 Å². The minimum Gasteiger partial charge on any atom is -0.466 e. The van der Waals surface area contributed by atoms with Gasteiger partial charge in [-0.2, -0.15) is 0 Å². The van der Waals surface area contributed by atoms with Crippen molar-refractivity contribution in [3.8, 4) is 0 Å². The van der Waals surface area contributed by atoms with Crippen molar-refractivity contribution in [1.29, 1.82) is 0 Å². The molecule has 0 saturated heterocycles. The first kappa shape index (κ1) is 10.5. The Morgan fingerprint density at radius 1 is 1.62 bits per heavy atom. The van der Waals surface area contributed by atoms with Crippen molar-refractivity contribution in [3.63, 3.8) is 0 Å². The van der Waals surface area contributed by atoms with E-state index in [-0.39, 0.29) is 12.0 Å². The predicted molar refractivity (Wildman–Crippen MR) is 51.2 cm³/mol. The Balaban J connectivity index is 2.01. The smallest absolute Gasteiger partial charge is 0.307 e. The van der Waals surface area contributed by atoms with Crippen LogP contribution in [0.15, 0.2) is 0 Å². The largest absolute Gasteiger partial charge is 0.466 e. The zero-order valence-corrected chi connectivity index (χ0v) is 8.29. The number of rotatable bonds is 6. The molecule has 0 aromatic heterocycles. The summed E-state index contributed by atoms with van der Waals surface area (Å²) in [5.74, 6) is 0.735. The summed E-state index contributed by atoms with van der Waals surface area (Å²) in [6, 6.07) is -0.000324. The second-order valence-corrected chi connectivity index (χ2v) is 3.79. The average Bonchev–Trinajstić information content (AvgIpc) is 2.84. The summed E-state index contributed by atoms with van der Waals surface area (Å²) in [5.41, 5.74) is 5.78. The van der Waals surface area contributed by atoms with Crippen LogP contribution >= 0.6 is 0 Å². The van der Waals surface area contributed by atoms with Gasteiger partial charge in [0, 0.05) is 6.04 Å². The highest BCUT2D eigenvalue weighted by Crippen LogP contribution is 2.33. The summed E-state index contributed by atoms with van der Waals surface area (Å²) >= 11 is 0. The quantitative estimate of drug-likeness (QED) is 0.637. The first-order valence-electron chi connectivity index (χ1n) is 5.13. The molecule has 2 N–H and O–H groups in total. The molecule has 1 saturated carbocycles.